The van der Waals surface area contributed by atoms with E-state index in [1.807, 2.05) is 26.0 Å². The maximum absolute atomic E-state index is 13.9. The Labute approximate surface area is 236 Å². The molecule has 2 aromatic carbocycles. The summed E-state index contributed by atoms with van der Waals surface area (Å²) in [6.07, 6.45) is 12.5. The predicted octanol–water partition coefficient (Wildman–Crippen LogP) is 8.54. The van der Waals surface area contributed by atoms with E-state index in [2.05, 4.69) is 39.8 Å². The van der Waals surface area contributed by atoms with E-state index in [0.717, 1.165) is 31.3 Å². The van der Waals surface area contributed by atoms with Gasteiger partial charge in [-0.3, -0.25) is 4.79 Å². The Morgan fingerprint density at radius 3 is 1.80 bits per heavy atom. The summed E-state index contributed by atoms with van der Waals surface area (Å²) >= 11 is 0. The lowest BCUT2D eigenvalue weighted by molar-refractivity contribution is 0.399. The summed E-state index contributed by atoms with van der Waals surface area (Å²) in [5.41, 5.74) is 5.34. The number of ether oxygens (including phenoxy) is 1. The van der Waals surface area contributed by atoms with Gasteiger partial charge in [0.15, 0.2) is 11.5 Å². The molecule has 3 rings (SSSR count). The molecule has 0 saturated heterocycles. The Balaban J connectivity index is 2.13. The van der Waals surface area contributed by atoms with E-state index >= 15 is 0 Å². The van der Waals surface area contributed by atoms with Crippen molar-refractivity contribution in [3.63, 3.8) is 0 Å². The number of fused-ring (bicyclic) bond motifs is 2. The Bertz CT molecular complexity index is 1570. The third-order valence-electron chi connectivity index (χ3n) is 7.06. The number of rotatable bonds is 11. The first-order valence-electron chi connectivity index (χ1n) is 13.8. The molecule has 0 atom stereocenters. The van der Waals surface area contributed by atoms with Gasteiger partial charge in [-0.15, -0.1) is 0 Å². The van der Waals surface area contributed by atoms with Gasteiger partial charge in [-0.2, -0.15) is 0 Å². The second-order valence-electron chi connectivity index (χ2n) is 11.0. The molecule has 3 N–H and O–H groups in total. The van der Waals surface area contributed by atoms with Gasteiger partial charge < -0.3 is 24.5 Å². The number of hydrogen-bond donors (Lipinski definition) is 3. The third-order valence-corrected chi connectivity index (χ3v) is 7.06. The molecule has 3 aromatic rings. The van der Waals surface area contributed by atoms with Gasteiger partial charge in [-0.25, -0.2) is 0 Å². The molecule has 0 radical (unpaired) electrons. The molecule has 214 valence electrons. The number of allylic oxidation sites excluding steroid dienone is 8. The van der Waals surface area contributed by atoms with Crippen LogP contribution in [0.5, 0.6) is 23.0 Å². The Morgan fingerprint density at radius 2 is 1.27 bits per heavy atom. The summed E-state index contributed by atoms with van der Waals surface area (Å²) in [5.74, 6) is -0.540. The summed E-state index contributed by atoms with van der Waals surface area (Å²) < 4.78 is 11.6. The number of methoxy groups -OCH3 is 1. The number of benzene rings is 2. The van der Waals surface area contributed by atoms with Crippen molar-refractivity contribution in [1.29, 1.82) is 0 Å². The van der Waals surface area contributed by atoms with Crippen LogP contribution in [0.2, 0.25) is 0 Å². The SMILES string of the molecule is COc1cc2oc3cc(O)c(O)c(C/C=C(\C)CCC=C(C)C)c3c(=O)c2c(O)c1C/C=C(\C)CCC=C(C)C. The largest absolute Gasteiger partial charge is 0.507 e. The fraction of sp³-hybridized carbons (Fsp3) is 0.382. The van der Waals surface area contributed by atoms with Crippen LogP contribution in [0.1, 0.15) is 78.4 Å². The molecule has 0 spiro atoms. The van der Waals surface area contributed by atoms with Crippen molar-refractivity contribution < 1.29 is 24.5 Å². The van der Waals surface area contributed by atoms with Gasteiger partial charge in [0.25, 0.3) is 0 Å². The van der Waals surface area contributed by atoms with Gasteiger partial charge in [0.05, 0.1) is 12.5 Å². The molecule has 0 aliphatic rings. The topological polar surface area (TPSA) is 100 Å². The highest BCUT2D eigenvalue weighted by molar-refractivity contribution is 5.97. The number of hydrogen-bond acceptors (Lipinski definition) is 6. The molecule has 0 amide bonds. The van der Waals surface area contributed by atoms with E-state index in [1.54, 1.807) is 6.07 Å². The molecule has 0 aliphatic heterocycles. The zero-order chi connectivity index (χ0) is 29.6. The van der Waals surface area contributed by atoms with E-state index in [-0.39, 0.29) is 51.2 Å². The van der Waals surface area contributed by atoms with Crippen molar-refractivity contribution >= 4 is 21.9 Å². The smallest absolute Gasteiger partial charge is 0.204 e. The van der Waals surface area contributed by atoms with Gasteiger partial charge in [0.2, 0.25) is 5.43 Å². The molecule has 1 heterocycles. The maximum Gasteiger partial charge on any atom is 0.204 e. The van der Waals surface area contributed by atoms with Crippen molar-refractivity contribution in [1.82, 2.24) is 0 Å². The molecular weight excluding hydrogens is 504 g/mol. The van der Waals surface area contributed by atoms with Crippen molar-refractivity contribution in [3.8, 4) is 23.0 Å². The zero-order valence-electron chi connectivity index (χ0n) is 24.8. The van der Waals surface area contributed by atoms with Gasteiger partial charge in [0.1, 0.15) is 28.1 Å². The molecule has 0 aliphatic carbocycles. The minimum atomic E-state index is -0.470. The molecule has 0 unspecified atom stereocenters. The van der Waals surface area contributed by atoms with Gasteiger partial charge >= 0.3 is 0 Å². The van der Waals surface area contributed by atoms with Crippen LogP contribution < -0.4 is 10.2 Å². The lowest BCUT2D eigenvalue weighted by atomic mass is 9.98. The van der Waals surface area contributed by atoms with E-state index in [9.17, 15) is 20.1 Å². The fourth-order valence-electron chi connectivity index (χ4n) is 4.73. The van der Waals surface area contributed by atoms with Crippen LogP contribution in [-0.2, 0) is 12.8 Å². The molecule has 0 saturated carbocycles. The van der Waals surface area contributed by atoms with Crippen molar-refractivity contribution in [2.24, 2.45) is 0 Å². The lowest BCUT2D eigenvalue weighted by Crippen LogP contribution is -2.07. The number of phenols is 3. The third kappa shape index (κ3) is 7.17. The Kier molecular flexibility index (Phi) is 10.3. The monoisotopic (exact) mass is 546 g/mol. The van der Waals surface area contributed by atoms with E-state index in [4.69, 9.17) is 9.15 Å². The summed E-state index contributed by atoms with van der Waals surface area (Å²) in [7, 11) is 1.50. The quantitative estimate of drug-likeness (QED) is 0.127. The Morgan fingerprint density at radius 1 is 0.750 bits per heavy atom. The predicted molar refractivity (Wildman–Crippen MR) is 164 cm³/mol. The highest BCUT2D eigenvalue weighted by Gasteiger charge is 2.23. The fourth-order valence-corrected chi connectivity index (χ4v) is 4.73. The van der Waals surface area contributed by atoms with Crippen molar-refractivity contribution in [3.05, 3.63) is 80.1 Å². The molecule has 1 aromatic heterocycles. The molecule has 40 heavy (non-hydrogen) atoms. The van der Waals surface area contributed by atoms with E-state index in [0.29, 0.717) is 17.7 Å². The highest BCUT2D eigenvalue weighted by atomic mass is 16.5. The van der Waals surface area contributed by atoms with Crippen molar-refractivity contribution in [2.75, 3.05) is 7.11 Å². The van der Waals surface area contributed by atoms with Crippen molar-refractivity contribution in [2.45, 2.75) is 80.1 Å². The number of aromatic hydroxyl groups is 3. The molecule has 6 nitrogen and oxygen atoms in total. The van der Waals surface area contributed by atoms with Crippen LogP contribution in [0.3, 0.4) is 0 Å². The van der Waals surface area contributed by atoms with Crippen LogP contribution >= 0.6 is 0 Å². The minimum Gasteiger partial charge on any atom is -0.507 e. The first-order valence-corrected chi connectivity index (χ1v) is 13.8. The first kappa shape index (κ1) is 30.6. The molecular formula is C34H42O6. The van der Waals surface area contributed by atoms with E-state index < -0.39 is 5.43 Å². The summed E-state index contributed by atoms with van der Waals surface area (Å²) in [5, 5.41) is 32.7. The van der Waals surface area contributed by atoms with Gasteiger partial charge in [-0.1, -0.05) is 46.6 Å². The average Bonchev–Trinajstić information content (AvgIpc) is 2.87. The summed E-state index contributed by atoms with van der Waals surface area (Å²) in [6, 6.07) is 2.82. The van der Waals surface area contributed by atoms with Crippen LogP contribution in [-0.4, -0.2) is 22.4 Å². The Hall–Kier alpha value is -3.93. The molecule has 0 fully saturated rings. The zero-order valence-corrected chi connectivity index (χ0v) is 24.8. The standard InChI is InChI=1S/C34H42O6/c1-20(2)10-8-12-22(5)14-16-24-27(39-7)19-29-31(33(24)37)34(38)30-25(32(36)26(35)18-28(30)40-29)17-15-23(6)13-9-11-21(3)4/h10-11,14-15,18-19,35-37H,8-9,12-13,16-17H2,1-7H3/b22-14+,23-15+. The van der Waals surface area contributed by atoms with Crippen LogP contribution in [0, 0.1) is 0 Å². The maximum atomic E-state index is 13.9. The highest BCUT2D eigenvalue weighted by Crippen LogP contribution is 2.40. The minimum absolute atomic E-state index is 0.0227. The van der Waals surface area contributed by atoms with Crippen LogP contribution in [0.15, 0.2) is 67.9 Å². The lowest BCUT2D eigenvalue weighted by Gasteiger charge is -2.14. The number of phenolic OH excluding ortho intramolecular Hbond substituents is 3. The van der Waals surface area contributed by atoms with Gasteiger partial charge in [-0.05, 0) is 80.1 Å². The second-order valence-corrected chi connectivity index (χ2v) is 11.0. The average molecular weight is 547 g/mol. The van der Waals surface area contributed by atoms with Gasteiger partial charge in [0, 0.05) is 23.3 Å². The molecule has 0 bridgehead atoms. The summed E-state index contributed by atoms with van der Waals surface area (Å²) in [4.78, 5) is 13.9. The normalized spacial score (nSPS) is 12.2. The van der Waals surface area contributed by atoms with Crippen LogP contribution in [0.4, 0.5) is 0 Å². The first-order chi connectivity index (χ1) is 18.9. The second kappa shape index (κ2) is 13.4. The summed E-state index contributed by atoms with van der Waals surface area (Å²) in [6.45, 7) is 12.3. The van der Waals surface area contributed by atoms with E-state index in [1.165, 1.54) is 29.9 Å². The van der Waals surface area contributed by atoms with Crippen LogP contribution in [0.25, 0.3) is 21.9 Å². The molecule has 6 heteroatoms.